The molecule has 1 saturated heterocycles. The highest BCUT2D eigenvalue weighted by atomic mass is 79.9. The van der Waals surface area contributed by atoms with Crippen molar-refractivity contribution >= 4 is 49.1 Å². The van der Waals surface area contributed by atoms with Gasteiger partial charge < -0.3 is 10.2 Å². The fraction of sp³-hybridized carbons (Fsp3) is 0.500. The molecule has 0 aromatic carbocycles. The molecule has 1 unspecified atom stereocenters. The van der Waals surface area contributed by atoms with Crippen LogP contribution in [0.5, 0.6) is 0 Å². The molecule has 1 aliphatic rings. The predicted octanol–water partition coefficient (Wildman–Crippen LogP) is 2.59. The lowest BCUT2D eigenvalue weighted by Crippen LogP contribution is -2.36. The topological polar surface area (TPSA) is 32.3 Å². The molecule has 88 valence electrons. The Balaban J connectivity index is 1.90. The summed E-state index contributed by atoms with van der Waals surface area (Å²) in [6.45, 7) is 1.60. The summed E-state index contributed by atoms with van der Waals surface area (Å²) in [5.41, 5.74) is 0. The standard InChI is InChI=1S/C10H12Br2N2OS/c1-14-3-2-8(10(14)15)13-5-6-4-7(11)9(12)16-6/h4,8,13H,2-3,5H2,1H3. The van der Waals surface area contributed by atoms with Gasteiger partial charge in [0.05, 0.1) is 9.83 Å². The third-order valence-electron chi connectivity index (χ3n) is 2.65. The van der Waals surface area contributed by atoms with Gasteiger partial charge >= 0.3 is 0 Å². The molecule has 1 aromatic heterocycles. The summed E-state index contributed by atoms with van der Waals surface area (Å²) in [7, 11) is 1.85. The van der Waals surface area contributed by atoms with Gasteiger partial charge in [0, 0.05) is 29.5 Å². The van der Waals surface area contributed by atoms with Crippen molar-refractivity contribution in [2.75, 3.05) is 13.6 Å². The van der Waals surface area contributed by atoms with Gasteiger partial charge in [0.15, 0.2) is 0 Å². The number of likely N-dealkylation sites (tertiary alicyclic amines) is 1. The zero-order valence-corrected chi connectivity index (χ0v) is 12.8. The number of nitrogens with one attached hydrogen (secondary N) is 1. The number of hydrogen-bond acceptors (Lipinski definition) is 3. The monoisotopic (exact) mass is 366 g/mol. The van der Waals surface area contributed by atoms with Crippen molar-refractivity contribution in [3.8, 4) is 0 Å². The summed E-state index contributed by atoms with van der Waals surface area (Å²) in [5.74, 6) is 0.203. The highest BCUT2D eigenvalue weighted by molar-refractivity contribution is 9.13. The Kier molecular flexibility index (Phi) is 4.05. The van der Waals surface area contributed by atoms with E-state index in [4.69, 9.17) is 0 Å². The molecule has 1 fully saturated rings. The van der Waals surface area contributed by atoms with Crippen molar-refractivity contribution in [1.29, 1.82) is 0 Å². The number of amides is 1. The van der Waals surface area contributed by atoms with Crippen molar-refractivity contribution in [3.63, 3.8) is 0 Å². The molecule has 0 bridgehead atoms. The molecule has 1 N–H and O–H groups in total. The number of thiophene rings is 1. The molecule has 3 nitrogen and oxygen atoms in total. The van der Waals surface area contributed by atoms with Crippen LogP contribution in [0.15, 0.2) is 14.3 Å². The van der Waals surface area contributed by atoms with Crippen LogP contribution in [0.2, 0.25) is 0 Å². The SMILES string of the molecule is CN1CCC(NCc2cc(Br)c(Br)s2)C1=O. The molecule has 1 aromatic rings. The summed E-state index contributed by atoms with van der Waals surface area (Å²) in [6.07, 6.45) is 0.906. The Bertz CT molecular complexity index is 388. The Hall–Kier alpha value is 0.0900. The third kappa shape index (κ3) is 2.67. The van der Waals surface area contributed by atoms with Crippen LogP contribution < -0.4 is 5.32 Å². The van der Waals surface area contributed by atoms with Crippen LogP contribution in [-0.4, -0.2) is 30.4 Å². The summed E-state index contributed by atoms with van der Waals surface area (Å²) in [6, 6.07) is 2.06. The van der Waals surface area contributed by atoms with Gasteiger partial charge in [-0.3, -0.25) is 4.79 Å². The van der Waals surface area contributed by atoms with E-state index in [0.29, 0.717) is 0 Å². The minimum Gasteiger partial charge on any atom is -0.344 e. The van der Waals surface area contributed by atoms with E-state index in [1.54, 1.807) is 16.2 Å². The van der Waals surface area contributed by atoms with E-state index >= 15 is 0 Å². The van der Waals surface area contributed by atoms with E-state index < -0.39 is 0 Å². The van der Waals surface area contributed by atoms with E-state index in [2.05, 4.69) is 43.2 Å². The van der Waals surface area contributed by atoms with Crippen LogP contribution in [0.1, 0.15) is 11.3 Å². The number of carbonyl (C=O) groups is 1. The fourth-order valence-electron chi connectivity index (χ4n) is 1.71. The van der Waals surface area contributed by atoms with Crippen LogP contribution in [0.4, 0.5) is 0 Å². The van der Waals surface area contributed by atoms with E-state index in [1.807, 2.05) is 7.05 Å². The molecule has 1 atom stereocenters. The highest BCUT2D eigenvalue weighted by Gasteiger charge is 2.28. The first-order valence-electron chi connectivity index (χ1n) is 5.00. The molecule has 0 aliphatic carbocycles. The Morgan fingerprint density at radius 1 is 1.62 bits per heavy atom. The second-order valence-electron chi connectivity index (χ2n) is 3.82. The van der Waals surface area contributed by atoms with Gasteiger partial charge in [-0.05, 0) is 44.3 Å². The second-order valence-corrected chi connectivity index (χ2v) is 7.13. The number of likely N-dealkylation sites (N-methyl/N-ethyl adjacent to an activating group) is 1. The molecule has 16 heavy (non-hydrogen) atoms. The van der Waals surface area contributed by atoms with E-state index in [9.17, 15) is 4.79 Å². The number of rotatable bonds is 3. The van der Waals surface area contributed by atoms with Gasteiger partial charge in [0.25, 0.3) is 0 Å². The minimum atomic E-state index is -0.00958. The van der Waals surface area contributed by atoms with Crippen LogP contribution >= 0.6 is 43.2 Å². The van der Waals surface area contributed by atoms with Gasteiger partial charge in [0.1, 0.15) is 0 Å². The van der Waals surface area contributed by atoms with Gasteiger partial charge in [-0.15, -0.1) is 11.3 Å². The molecule has 0 spiro atoms. The molecule has 6 heteroatoms. The summed E-state index contributed by atoms with van der Waals surface area (Å²) in [5, 5.41) is 3.30. The second kappa shape index (κ2) is 5.16. The maximum absolute atomic E-state index is 11.6. The average molecular weight is 368 g/mol. The van der Waals surface area contributed by atoms with Crippen molar-refractivity contribution < 1.29 is 4.79 Å². The Labute approximate surface area is 115 Å². The van der Waals surface area contributed by atoms with E-state index in [0.717, 1.165) is 27.8 Å². The first-order chi connectivity index (χ1) is 7.58. The number of halogens is 2. The maximum atomic E-state index is 11.6. The molecular weight excluding hydrogens is 356 g/mol. The third-order valence-corrected chi connectivity index (χ3v) is 5.90. The van der Waals surface area contributed by atoms with E-state index in [-0.39, 0.29) is 11.9 Å². The minimum absolute atomic E-state index is 0.00958. The highest BCUT2D eigenvalue weighted by Crippen LogP contribution is 2.32. The van der Waals surface area contributed by atoms with Gasteiger partial charge in [0.2, 0.25) is 5.91 Å². The summed E-state index contributed by atoms with van der Waals surface area (Å²) in [4.78, 5) is 14.6. The zero-order valence-electron chi connectivity index (χ0n) is 8.80. The van der Waals surface area contributed by atoms with Crippen LogP contribution in [0, 0.1) is 0 Å². The zero-order chi connectivity index (χ0) is 11.7. The lowest BCUT2D eigenvalue weighted by atomic mass is 10.2. The predicted molar refractivity (Wildman–Crippen MR) is 72.6 cm³/mol. The van der Waals surface area contributed by atoms with Gasteiger partial charge in [-0.2, -0.15) is 0 Å². The van der Waals surface area contributed by atoms with Crippen LogP contribution in [0.25, 0.3) is 0 Å². The Morgan fingerprint density at radius 3 is 2.88 bits per heavy atom. The molecule has 2 rings (SSSR count). The van der Waals surface area contributed by atoms with E-state index in [1.165, 1.54) is 4.88 Å². The average Bonchev–Trinajstić information content (AvgIpc) is 2.72. The molecule has 1 aliphatic heterocycles. The Morgan fingerprint density at radius 2 is 2.38 bits per heavy atom. The summed E-state index contributed by atoms with van der Waals surface area (Å²) >= 11 is 8.59. The number of carbonyl (C=O) groups excluding carboxylic acids is 1. The largest absolute Gasteiger partial charge is 0.344 e. The molecule has 2 heterocycles. The number of nitrogens with zero attached hydrogens (tertiary/aromatic N) is 1. The molecule has 1 amide bonds. The maximum Gasteiger partial charge on any atom is 0.239 e. The molecule has 0 radical (unpaired) electrons. The van der Waals surface area contributed by atoms with Crippen molar-refractivity contribution in [3.05, 3.63) is 19.2 Å². The smallest absolute Gasteiger partial charge is 0.239 e. The van der Waals surface area contributed by atoms with Gasteiger partial charge in [-0.25, -0.2) is 0 Å². The van der Waals surface area contributed by atoms with Gasteiger partial charge in [-0.1, -0.05) is 0 Å². The van der Waals surface area contributed by atoms with Crippen molar-refractivity contribution in [2.45, 2.75) is 19.0 Å². The lowest BCUT2D eigenvalue weighted by Gasteiger charge is -2.11. The first kappa shape index (κ1) is 12.5. The molecular formula is C10H12Br2N2OS. The van der Waals surface area contributed by atoms with Crippen LogP contribution in [0.3, 0.4) is 0 Å². The molecule has 0 saturated carbocycles. The quantitative estimate of drug-likeness (QED) is 0.890. The number of hydrogen-bond donors (Lipinski definition) is 1. The summed E-state index contributed by atoms with van der Waals surface area (Å²) < 4.78 is 2.17. The lowest BCUT2D eigenvalue weighted by molar-refractivity contribution is -0.128. The van der Waals surface area contributed by atoms with Crippen molar-refractivity contribution in [1.82, 2.24) is 10.2 Å². The fourth-order valence-corrected chi connectivity index (χ4v) is 3.84. The van der Waals surface area contributed by atoms with Crippen LogP contribution in [-0.2, 0) is 11.3 Å². The normalized spacial score (nSPS) is 20.8. The van der Waals surface area contributed by atoms with Crippen molar-refractivity contribution in [2.24, 2.45) is 0 Å². The first-order valence-corrected chi connectivity index (χ1v) is 7.40.